The van der Waals surface area contributed by atoms with E-state index in [0.29, 0.717) is 19.6 Å². The number of aromatic amines is 1. The lowest BCUT2D eigenvalue weighted by molar-refractivity contribution is 0.0632. The van der Waals surface area contributed by atoms with E-state index in [9.17, 15) is 14.0 Å². The number of benzene rings is 1. The summed E-state index contributed by atoms with van der Waals surface area (Å²) in [6.45, 7) is 1.68. The van der Waals surface area contributed by atoms with Gasteiger partial charge in [0.2, 0.25) is 0 Å². The van der Waals surface area contributed by atoms with Crippen molar-refractivity contribution >= 4 is 5.91 Å². The van der Waals surface area contributed by atoms with Gasteiger partial charge in [-0.2, -0.15) is 0 Å². The second-order valence-electron chi connectivity index (χ2n) is 7.00. The fraction of sp³-hybridized carbons (Fsp3) is 0.400. The molecular formula is C20H22FN3O2. The summed E-state index contributed by atoms with van der Waals surface area (Å²) in [6.07, 6.45) is 3.89. The minimum absolute atomic E-state index is 0.189. The second-order valence-corrected chi connectivity index (χ2v) is 7.00. The Labute approximate surface area is 151 Å². The van der Waals surface area contributed by atoms with Crippen LogP contribution in [0.25, 0.3) is 0 Å². The lowest BCUT2D eigenvalue weighted by Crippen LogP contribution is -2.49. The number of hydrogen-bond acceptors (Lipinski definition) is 3. The van der Waals surface area contributed by atoms with E-state index in [2.05, 4.69) is 10.3 Å². The molecule has 2 heterocycles. The van der Waals surface area contributed by atoms with Gasteiger partial charge in [0.25, 0.3) is 11.5 Å². The zero-order chi connectivity index (χ0) is 18.1. The number of H-pyrrole nitrogens is 1. The average Bonchev–Trinajstić information content (AvgIpc) is 2.67. The normalized spacial score (nSPS) is 19.9. The monoisotopic (exact) mass is 355 g/mol. The van der Waals surface area contributed by atoms with Crippen LogP contribution in [0.5, 0.6) is 0 Å². The Balaban J connectivity index is 1.68. The number of aryl methyl sites for hydroxylation is 2. The van der Waals surface area contributed by atoms with Gasteiger partial charge < -0.3 is 15.2 Å². The van der Waals surface area contributed by atoms with Crippen LogP contribution in [0, 0.1) is 5.82 Å². The van der Waals surface area contributed by atoms with E-state index in [1.54, 1.807) is 17.0 Å². The Morgan fingerprint density at radius 3 is 2.88 bits per heavy atom. The van der Waals surface area contributed by atoms with Gasteiger partial charge in [-0.05, 0) is 55.0 Å². The van der Waals surface area contributed by atoms with Crippen LogP contribution in [0.2, 0.25) is 0 Å². The highest BCUT2D eigenvalue weighted by Crippen LogP contribution is 2.25. The fourth-order valence-electron chi connectivity index (χ4n) is 3.95. The van der Waals surface area contributed by atoms with Crippen molar-refractivity contribution in [1.29, 1.82) is 0 Å². The highest BCUT2D eigenvalue weighted by molar-refractivity contribution is 5.94. The SMILES string of the molecule is O=C(c1cc2c([nH]c1=O)CCCC2)N1CCNCC1c1cccc(F)c1. The number of carbonyl (C=O) groups is 1. The van der Waals surface area contributed by atoms with E-state index < -0.39 is 0 Å². The number of hydrogen-bond donors (Lipinski definition) is 2. The van der Waals surface area contributed by atoms with E-state index in [1.165, 1.54) is 12.1 Å². The number of carbonyl (C=O) groups excluding carboxylic acids is 1. The van der Waals surface area contributed by atoms with Crippen molar-refractivity contribution in [2.24, 2.45) is 0 Å². The number of fused-ring (bicyclic) bond motifs is 1. The fourth-order valence-corrected chi connectivity index (χ4v) is 3.95. The Kier molecular flexibility index (Phi) is 4.59. The Morgan fingerprint density at radius 1 is 1.19 bits per heavy atom. The smallest absolute Gasteiger partial charge is 0.261 e. The van der Waals surface area contributed by atoms with Crippen molar-refractivity contribution < 1.29 is 9.18 Å². The van der Waals surface area contributed by atoms with E-state index in [-0.39, 0.29) is 28.9 Å². The lowest BCUT2D eigenvalue weighted by atomic mass is 9.94. The largest absolute Gasteiger partial charge is 0.329 e. The van der Waals surface area contributed by atoms with Crippen LogP contribution >= 0.6 is 0 Å². The van der Waals surface area contributed by atoms with Crippen molar-refractivity contribution in [1.82, 2.24) is 15.2 Å². The molecule has 1 unspecified atom stereocenters. The van der Waals surface area contributed by atoms with E-state index in [0.717, 1.165) is 42.5 Å². The number of amides is 1. The average molecular weight is 355 g/mol. The van der Waals surface area contributed by atoms with Crippen molar-refractivity contribution in [2.75, 3.05) is 19.6 Å². The zero-order valence-corrected chi connectivity index (χ0v) is 14.6. The van der Waals surface area contributed by atoms with Crippen LogP contribution in [0.15, 0.2) is 35.1 Å². The minimum atomic E-state index is -0.327. The molecule has 2 N–H and O–H groups in total. The van der Waals surface area contributed by atoms with Crippen molar-refractivity contribution in [3.63, 3.8) is 0 Å². The molecule has 6 heteroatoms. The van der Waals surface area contributed by atoms with Gasteiger partial charge in [0.05, 0.1) is 6.04 Å². The van der Waals surface area contributed by atoms with Crippen LogP contribution in [0.1, 0.15) is 46.1 Å². The van der Waals surface area contributed by atoms with Crippen LogP contribution in [0.4, 0.5) is 4.39 Å². The van der Waals surface area contributed by atoms with Crippen LogP contribution in [-0.4, -0.2) is 35.4 Å². The zero-order valence-electron chi connectivity index (χ0n) is 14.6. The molecule has 1 aromatic carbocycles. The molecule has 0 radical (unpaired) electrons. The first-order chi connectivity index (χ1) is 12.6. The molecule has 4 rings (SSSR count). The maximum absolute atomic E-state index is 13.6. The predicted octanol–water partition coefficient (Wildman–Crippen LogP) is 2.18. The molecule has 1 amide bonds. The van der Waals surface area contributed by atoms with Gasteiger partial charge in [0, 0.05) is 25.3 Å². The van der Waals surface area contributed by atoms with E-state index in [4.69, 9.17) is 0 Å². The first kappa shape index (κ1) is 17.0. The van der Waals surface area contributed by atoms with Crippen molar-refractivity contribution in [3.05, 3.63) is 68.9 Å². The molecule has 136 valence electrons. The topological polar surface area (TPSA) is 65.2 Å². The van der Waals surface area contributed by atoms with Gasteiger partial charge in [-0.1, -0.05) is 12.1 Å². The summed E-state index contributed by atoms with van der Waals surface area (Å²) in [5.41, 5.74) is 2.62. The minimum Gasteiger partial charge on any atom is -0.329 e. The van der Waals surface area contributed by atoms with Gasteiger partial charge in [0.1, 0.15) is 11.4 Å². The van der Waals surface area contributed by atoms with Gasteiger partial charge in [-0.25, -0.2) is 4.39 Å². The highest BCUT2D eigenvalue weighted by atomic mass is 19.1. The third kappa shape index (κ3) is 3.17. The first-order valence-electron chi connectivity index (χ1n) is 9.16. The molecule has 0 bridgehead atoms. The molecule has 1 atom stereocenters. The molecule has 26 heavy (non-hydrogen) atoms. The summed E-state index contributed by atoms with van der Waals surface area (Å²) in [6, 6.07) is 7.78. The maximum atomic E-state index is 13.6. The molecule has 1 aliphatic heterocycles. The standard InChI is InChI=1S/C20H22FN3O2/c21-15-6-3-5-14(10-15)18-12-22-8-9-24(18)20(26)16-11-13-4-1-2-7-17(13)23-19(16)25/h3,5-6,10-11,18,22H,1-2,4,7-9,12H2,(H,23,25). The van der Waals surface area contributed by atoms with E-state index in [1.807, 2.05) is 6.07 Å². The molecule has 0 spiro atoms. The summed E-state index contributed by atoms with van der Waals surface area (Å²) in [7, 11) is 0. The molecule has 2 aromatic rings. The first-order valence-corrected chi connectivity index (χ1v) is 9.16. The number of pyridine rings is 1. The highest BCUT2D eigenvalue weighted by Gasteiger charge is 2.30. The predicted molar refractivity (Wildman–Crippen MR) is 96.8 cm³/mol. The molecular weight excluding hydrogens is 333 g/mol. The van der Waals surface area contributed by atoms with Crippen LogP contribution in [0.3, 0.4) is 0 Å². The van der Waals surface area contributed by atoms with Crippen molar-refractivity contribution in [3.8, 4) is 0 Å². The van der Waals surface area contributed by atoms with E-state index >= 15 is 0 Å². The third-order valence-corrected chi connectivity index (χ3v) is 5.31. The summed E-state index contributed by atoms with van der Waals surface area (Å²) in [5, 5.41) is 3.25. The van der Waals surface area contributed by atoms with Crippen molar-refractivity contribution in [2.45, 2.75) is 31.7 Å². The number of nitrogens with zero attached hydrogens (tertiary/aromatic N) is 1. The Hall–Kier alpha value is -2.47. The number of halogens is 1. The second kappa shape index (κ2) is 7.03. The van der Waals surface area contributed by atoms with Gasteiger partial charge >= 0.3 is 0 Å². The lowest BCUT2D eigenvalue weighted by Gasteiger charge is -2.36. The summed E-state index contributed by atoms with van der Waals surface area (Å²) < 4.78 is 13.6. The number of aromatic nitrogens is 1. The molecule has 2 aliphatic rings. The molecule has 5 nitrogen and oxygen atoms in total. The third-order valence-electron chi connectivity index (χ3n) is 5.31. The molecule has 0 saturated carbocycles. The number of rotatable bonds is 2. The Morgan fingerprint density at radius 2 is 2.04 bits per heavy atom. The molecule has 1 aromatic heterocycles. The molecule has 1 aliphatic carbocycles. The quantitative estimate of drug-likeness (QED) is 0.868. The van der Waals surface area contributed by atoms with Gasteiger partial charge in [-0.15, -0.1) is 0 Å². The Bertz CT molecular complexity index is 893. The summed E-state index contributed by atoms with van der Waals surface area (Å²) >= 11 is 0. The maximum Gasteiger partial charge on any atom is 0.261 e. The molecule has 1 saturated heterocycles. The number of piperazine rings is 1. The number of nitrogens with one attached hydrogen (secondary N) is 2. The van der Waals surface area contributed by atoms with Gasteiger partial charge in [-0.3, -0.25) is 9.59 Å². The van der Waals surface area contributed by atoms with Crippen LogP contribution in [-0.2, 0) is 12.8 Å². The van der Waals surface area contributed by atoms with Gasteiger partial charge in [0.15, 0.2) is 0 Å². The summed E-state index contributed by atoms with van der Waals surface area (Å²) in [5.74, 6) is -0.609. The summed E-state index contributed by atoms with van der Waals surface area (Å²) in [4.78, 5) is 30.2. The molecule has 1 fully saturated rings. The van der Waals surface area contributed by atoms with Crippen LogP contribution < -0.4 is 10.9 Å².